The van der Waals surface area contributed by atoms with Gasteiger partial charge in [0, 0.05) is 25.8 Å². The fourth-order valence-electron chi connectivity index (χ4n) is 5.38. The van der Waals surface area contributed by atoms with E-state index in [1.54, 1.807) is 7.05 Å². The summed E-state index contributed by atoms with van der Waals surface area (Å²) >= 11 is 0. The van der Waals surface area contributed by atoms with E-state index >= 15 is 0 Å². The number of amides is 3. The molecule has 3 fully saturated rings. The summed E-state index contributed by atoms with van der Waals surface area (Å²) < 4.78 is 10.9. The lowest BCUT2D eigenvalue weighted by molar-refractivity contribution is -0.152. The molecule has 196 valence electrons. The van der Waals surface area contributed by atoms with Crippen LogP contribution in [0.5, 0.6) is 5.75 Å². The molecular weight excluding hydrogens is 474 g/mol. The fourth-order valence-corrected chi connectivity index (χ4v) is 5.38. The van der Waals surface area contributed by atoms with E-state index in [4.69, 9.17) is 9.47 Å². The van der Waals surface area contributed by atoms with E-state index in [0.29, 0.717) is 13.2 Å². The van der Waals surface area contributed by atoms with Crippen LogP contribution in [-0.4, -0.2) is 84.4 Å². The second kappa shape index (κ2) is 10.4. The van der Waals surface area contributed by atoms with Gasteiger partial charge in [0.15, 0.2) is 0 Å². The van der Waals surface area contributed by atoms with Crippen molar-refractivity contribution in [3.63, 3.8) is 0 Å². The van der Waals surface area contributed by atoms with Crippen LogP contribution in [0.15, 0.2) is 54.6 Å². The maximum atomic E-state index is 13.6. The third kappa shape index (κ3) is 4.86. The van der Waals surface area contributed by atoms with E-state index in [9.17, 15) is 14.4 Å². The first-order chi connectivity index (χ1) is 17.9. The number of fused-ring (bicyclic) bond motifs is 3. The number of esters is 1. The summed E-state index contributed by atoms with van der Waals surface area (Å²) in [5.74, 6) is 0.0725. The normalized spacial score (nSPS) is 25.6. The Labute approximate surface area is 216 Å². The van der Waals surface area contributed by atoms with Crippen molar-refractivity contribution in [2.24, 2.45) is 5.92 Å². The Kier molecular flexibility index (Phi) is 7.03. The molecule has 5 rings (SSSR count). The van der Waals surface area contributed by atoms with Gasteiger partial charge in [0.2, 0.25) is 0 Å². The first kappa shape index (κ1) is 25.0. The molecule has 10 heteroatoms. The van der Waals surface area contributed by atoms with Gasteiger partial charge in [0.1, 0.15) is 37.4 Å². The number of urea groups is 1. The molecule has 0 bridgehead atoms. The molecule has 2 aromatic carbocycles. The lowest BCUT2D eigenvalue weighted by Crippen LogP contribution is -2.67. The number of nitrogens with one attached hydrogen (secondary N) is 1. The smallest absolute Gasteiger partial charge is 0.328 e. The predicted molar refractivity (Wildman–Crippen MR) is 136 cm³/mol. The molecule has 2 aromatic rings. The highest BCUT2D eigenvalue weighted by Crippen LogP contribution is 2.35. The Balaban J connectivity index is 1.32. The molecule has 0 aliphatic carbocycles. The molecule has 10 nitrogen and oxygen atoms in total. The van der Waals surface area contributed by atoms with Crippen LogP contribution in [0.25, 0.3) is 0 Å². The largest absolute Gasteiger partial charge is 0.494 e. The highest BCUT2D eigenvalue weighted by molar-refractivity contribution is 6.02. The zero-order valence-electron chi connectivity index (χ0n) is 21.4. The van der Waals surface area contributed by atoms with Crippen LogP contribution >= 0.6 is 0 Å². The van der Waals surface area contributed by atoms with Crippen LogP contribution in [0, 0.1) is 5.92 Å². The van der Waals surface area contributed by atoms with Crippen molar-refractivity contribution >= 4 is 23.6 Å². The highest BCUT2D eigenvalue weighted by Gasteiger charge is 2.57. The molecule has 4 unspecified atom stereocenters. The van der Waals surface area contributed by atoms with Crippen LogP contribution in [-0.2, 0) is 20.9 Å². The lowest BCUT2D eigenvalue weighted by Gasteiger charge is -2.45. The molecule has 0 spiro atoms. The van der Waals surface area contributed by atoms with Gasteiger partial charge in [-0.05, 0) is 42.7 Å². The van der Waals surface area contributed by atoms with Crippen molar-refractivity contribution < 1.29 is 23.9 Å². The number of anilines is 1. The molecule has 3 amide bonds. The van der Waals surface area contributed by atoms with Gasteiger partial charge in [-0.25, -0.2) is 4.79 Å². The summed E-state index contributed by atoms with van der Waals surface area (Å²) in [5.41, 5.74) is 1.84. The van der Waals surface area contributed by atoms with Crippen LogP contribution < -0.4 is 15.0 Å². The zero-order chi connectivity index (χ0) is 26.1. The van der Waals surface area contributed by atoms with Crippen molar-refractivity contribution in [3.8, 4) is 5.75 Å². The zero-order valence-corrected chi connectivity index (χ0v) is 21.4. The third-order valence-electron chi connectivity index (χ3n) is 7.09. The minimum atomic E-state index is -0.622. The fraction of sp³-hybridized carbons (Fsp3) is 0.444. The maximum absolute atomic E-state index is 13.6. The van der Waals surface area contributed by atoms with Crippen molar-refractivity contribution in [1.82, 2.24) is 20.0 Å². The number of carbonyl (C=O) groups excluding carboxylic acids is 3. The summed E-state index contributed by atoms with van der Waals surface area (Å²) in [5, 5.41) is 3.50. The average Bonchev–Trinajstić information content (AvgIpc) is 3.29. The molecule has 3 saturated heterocycles. The Morgan fingerprint density at radius 1 is 1.05 bits per heavy atom. The number of benzene rings is 2. The number of likely N-dealkylation sites (N-methyl/N-ethyl adjacent to an activating group) is 1. The summed E-state index contributed by atoms with van der Waals surface area (Å²) in [4.78, 5) is 46.2. The molecule has 0 aromatic heterocycles. The Morgan fingerprint density at radius 3 is 2.49 bits per heavy atom. The SMILES string of the molecule is CCOc1ccc(N2CC(C)CN3C4C(=O)N(CC(=O)OCc5ccccc5)C(=O)N(C)C4NC23)cc1. The van der Waals surface area contributed by atoms with Crippen molar-refractivity contribution in [2.45, 2.75) is 39.0 Å². The number of imide groups is 1. The number of rotatable bonds is 7. The van der Waals surface area contributed by atoms with E-state index in [0.717, 1.165) is 28.4 Å². The summed E-state index contributed by atoms with van der Waals surface area (Å²) in [7, 11) is 1.66. The molecule has 1 N–H and O–H groups in total. The molecular formula is C27H33N5O5. The third-order valence-corrected chi connectivity index (χ3v) is 7.09. The molecule has 3 heterocycles. The number of hydrogen-bond acceptors (Lipinski definition) is 8. The summed E-state index contributed by atoms with van der Waals surface area (Å²) in [6.07, 6.45) is -0.773. The van der Waals surface area contributed by atoms with Crippen molar-refractivity contribution in [2.75, 3.05) is 38.2 Å². The van der Waals surface area contributed by atoms with Gasteiger partial charge >= 0.3 is 12.0 Å². The van der Waals surface area contributed by atoms with Gasteiger partial charge in [-0.2, -0.15) is 0 Å². The van der Waals surface area contributed by atoms with Crippen LogP contribution in [0.1, 0.15) is 19.4 Å². The first-order valence-corrected chi connectivity index (χ1v) is 12.7. The lowest BCUT2D eigenvalue weighted by atomic mass is 10.0. The van der Waals surface area contributed by atoms with Gasteiger partial charge in [0.05, 0.1) is 6.61 Å². The molecule has 4 atom stereocenters. The van der Waals surface area contributed by atoms with Gasteiger partial charge < -0.3 is 19.3 Å². The molecule has 0 saturated carbocycles. The first-order valence-electron chi connectivity index (χ1n) is 12.7. The van der Waals surface area contributed by atoms with E-state index in [1.165, 1.54) is 4.90 Å². The van der Waals surface area contributed by atoms with Crippen molar-refractivity contribution in [1.29, 1.82) is 0 Å². The van der Waals surface area contributed by atoms with E-state index < -0.39 is 30.8 Å². The topological polar surface area (TPSA) is 94.7 Å². The second-order valence-corrected chi connectivity index (χ2v) is 9.78. The maximum Gasteiger partial charge on any atom is 0.328 e. The number of hydrogen-bond donors (Lipinski definition) is 1. The van der Waals surface area contributed by atoms with Gasteiger partial charge in [0.25, 0.3) is 5.91 Å². The summed E-state index contributed by atoms with van der Waals surface area (Å²) in [6, 6.07) is 16.1. The standard InChI is InChI=1S/C27H33N5O5/c1-4-36-21-12-10-20(11-13-21)30-14-18(2)15-31-23-24(28-26(30)31)29(3)27(35)32(25(23)34)16-22(33)37-17-19-8-6-5-7-9-19/h5-13,18,23-24,26,28H,4,14-17H2,1-3H3. The van der Waals surface area contributed by atoms with E-state index in [1.807, 2.05) is 61.5 Å². The number of nitrogens with zero attached hydrogens (tertiary/aromatic N) is 4. The van der Waals surface area contributed by atoms with Gasteiger partial charge in [-0.1, -0.05) is 37.3 Å². The summed E-state index contributed by atoms with van der Waals surface area (Å²) in [6.45, 7) is 5.84. The van der Waals surface area contributed by atoms with Gasteiger partial charge in [-0.15, -0.1) is 0 Å². The average molecular weight is 508 g/mol. The molecule has 0 radical (unpaired) electrons. The highest BCUT2D eigenvalue weighted by atomic mass is 16.5. The Bertz CT molecular complexity index is 1140. The number of ether oxygens (including phenoxy) is 2. The van der Waals surface area contributed by atoms with E-state index in [-0.39, 0.29) is 24.7 Å². The second-order valence-electron chi connectivity index (χ2n) is 9.78. The minimum absolute atomic E-state index is 0.0854. The van der Waals surface area contributed by atoms with Crippen LogP contribution in [0.2, 0.25) is 0 Å². The number of carbonyl (C=O) groups is 3. The molecule has 3 aliphatic rings. The van der Waals surface area contributed by atoms with Crippen LogP contribution in [0.4, 0.5) is 10.5 Å². The Hall–Kier alpha value is -3.63. The van der Waals surface area contributed by atoms with Gasteiger partial charge in [-0.3, -0.25) is 24.7 Å². The van der Waals surface area contributed by atoms with E-state index in [2.05, 4.69) is 22.0 Å². The Morgan fingerprint density at radius 2 is 1.78 bits per heavy atom. The quantitative estimate of drug-likeness (QED) is 0.570. The molecule has 37 heavy (non-hydrogen) atoms. The monoisotopic (exact) mass is 507 g/mol. The predicted octanol–water partition coefficient (Wildman–Crippen LogP) is 2.06. The van der Waals surface area contributed by atoms with Crippen LogP contribution in [0.3, 0.4) is 0 Å². The molecule has 3 aliphatic heterocycles. The van der Waals surface area contributed by atoms with Crippen molar-refractivity contribution in [3.05, 3.63) is 60.2 Å². The minimum Gasteiger partial charge on any atom is -0.494 e.